The van der Waals surface area contributed by atoms with Gasteiger partial charge in [-0.25, -0.2) is 0 Å². The second-order valence-electron chi connectivity index (χ2n) is 4.70. The molecule has 0 fully saturated rings. The Morgan fingerprint density at radius 1 is 1.55 bits per heavy atom. The summed E-state index contributed by atoms with van der Waals surface area (Å²) < 4.78 is 5.10. The van der Waals surface area contributed by atoms with Gasteiger partial charge in [-0.1, -0.05) is 13.0 Å². The SMILES string of the molecule is CCC(C)N(CC(=O)O)Cc1ccc(OC)c(C#N)c1. The minimum atomic E-state index is -0.848. The van der Waals surface area contributed by atoms with Gasteiger partial charge in [0.05, 0.1) is 19.2 Å². The molecule has 0 aromatic heterocycles. The molecule has 1 aromatic carbocycles. The molecule has 1 N–H and O–H groups in total. The number of rotatable bonds is 7. The molecule has 0 radical (unpaired) electrons. The van der Waals surface area contributed by atoms with E-state index >= 15 is 0 Å². The topological polar surface area (TPSA) is 73.6 Å². The van der Waals surface area contributed by atoms with Gasteiger partial charge >= 0.3 is 5.97 Å². The number of nitrogens with zero attached hydrogens (tertiary/aromatic N) is 2. The summed E-state index contributed by atoms with van der Waals surface area (Å²) in [7, 11) is 1.52. The van der Waals surface area contributed by atoms with Gasteiger partial charge in [0.1, 0.15) is 11.8 Å². The number of benzene rings is 1. The highest BCUT2D eigenvalue weighted by molar-refractivity contribution is 5.69. The standard InChI is InChI=1S/C15H20N2O3/c1-4-11(2)17(10-15(18)19)9-12-5-6-14(20-3)13(7-12)8-16/h5-7,11H,4,9-10H2,1-3H3,(H,18,19). The molecule has 0 bridgehead atoms. The molecule has 0 amide bonds. The summed E-state index contributed by atoms with van der Waals surface area (Å²) >= 11 is 0. The number of carbonyl (C=O) groups is 1. The Morgan fingerprint density at radius 2 is 2.25 bits per heavy atom. The number of carboxylic acids is 1. The first-order valence-electron chi connectivity index (χ1n) is 6.54. The molecule has 20 heavy (non-hydrogen) atoms. The summed E-state index contributed by atoms with van der Waals surface area (Å²) in [6.07, 6.45) is 0.870. The number of methoxy groups -OCH3 is 1. The summed E-state index contributed by atoms with van der Waals surface area (Å²) in [5.74, 6) is -0.316. The predicted molar refractivity (Wildman–Crippen MR) is 75.5 cm³/mol. The van der Waals surface area contributed by atoms with E-state index in [9.17, 15) is 4.79 Å². The number of ether oxygens (including phenoxy) is 1. The zero-order valence-corrected chi connectivity index (χ0v) is 12.1. The smallest absolute Gasteiger partial charge is 0.317 e. The van der Waals surface area contributed by atoms with Crippen LogP contribution in [0.25, 0.3) is 0 Å². The Balaban J connectivity index is 2.93. The van der Waals surface area contributed by atoms with Crippen LogP contribution in [0.3, 0.4) is 0 Å². The molecule has 1 unspecified atom stereocenters. The zero-order valence-electron chi connectivity index (χ0n) is 12.1. The van der Waals surface area contributed by atoms with Crippen LogP contribution in [-0.4, -0.2) is 35.7 Å². The van der Waals surface area contributed by atoms with Crippen LogP contribution in [-0.2, 0) is 11.3 Å². The molecular formula is C15H20N2O3. The third-order valence-electron chi connectivity index (χ3n) is 3.32. The largest absolute Gasteiger partial charge is 0.495 e. The monoisotopic (exact) mass is 276 g/mol. The van der Waals surface area contributed by atoms with E-state index in [1.807, 2.05) is 24.8 Å². The van der Waals surface area contributed by atoms with E-state index in [0.29, 0.717) is 17.9 Å². The third kappa shape index (κ3) is 4.25. The maximum atomic E-state index is 10.9. The molecule has 1 aromatic rings. The van der Waals surface area contributed by atoms with Gasteiger partial charge in [-0.05, 0) is 31.0 Å². The van der Waals surface area contributed by atoms with E-state index < -0.39 is 5.97 Å². The maximum Gasteiger partial charge on any atom is 0.317 e. The summed E-state index contributed by atoms with van der Waals surface area (Å²) in [6, 6.07) is 7.59. The number of nitriles is 1. The van der Waals surface area contributed by atoms with E-state index in [2.05, 4.69) is 6.07 Å². The summed E-state index contributed by atoms with van der Waals surface area (Å²) in [5.41, 5.74) is 1.37. The molecule has 0 spiro atoms. The highest BCUT2D eigenvalue weighted by Gasteiger charge is 2.16. The van der Waals surface area contributed by atoms with E-state index in [0.717, 1.165) is 12.0 Å². The normalized spacial score (nSPS) is 11.9. The van der Waals surface area contributed by atoms with Crippen molar-refractivity contribution in [3.05, 3.63) is 29.3 Å². The van der Waals surface area contributed by atoms with Crippen LogP contribution in [0.2, 0.25) is 0 Å². The molecule has 0 aliphatic rings. The zero-order chi connectivity index (χ0) is 15.1. The van der Waals surface area contributed by atoms with Crippen molar-refractivity contribution in [1.82, 2.24) is 4.90 Å². The molecule has 0 saturated heterocycles. The van der Waals surface area contributed by atoms with E-state index in [-0.39, 0.29) is 12.6 Å². The quantitative estimate of drug-likeness (QED) is 0.826. The highest BCUT2D eigenvalue weighted by atomic mass is 16.5. The van der Waals surface area contributed by atoms with Gasteiger partial charge in [-0.15, -0.1) is 0 Å². The van der Waals surface area contributed by atoms with Crippen LogP contribution in [0.1, 0.15) is 31.4 Å². The first-order chi connectivity index (χ1) is 9.51. The van der Waals surface area contributed by atoms with Gasteiger partial charge in [-0.2, -0.15) is 5.26 Å². The van der Waals surface area contributed by atoms with Gasteiger partial charge in [0, 0.05) is 12.6 Å². The van der Waals surface area contributed by atoms with Crippen LogP contribution in [0.4, 0.5) is 0 Å². The first kappa shape index (κ1) is 16.0. The molecule has 0 saturated carbocycles. The van der Waals surface area contributed by atoms with Gasteiger partial charge in [0.15, 0.2) is 0 Å². The fourth-order valence-corrected chi connectivity index (χ4v) is 1.97. The van der Waals surface area contributed by atoms with E-state index in [1.165, 1.54) is 7.11 Å². The van der Waals surface area contributed by atoms with Crippen LogP contribution in [0, 0.1) is 11.3 Å². The predicted octanol–water partition coefficient (Wildman–Crippen LogP) is 2.25. The van der Waals surface area contributed by atoms with Gasteiger partial charge in [-0.3, -0.25) is 9.69 Å². The van der Waals surface area contributed by atoms with E-state index in [1.54, 1.807) is 12.1 Å². The molecule has 0 aliphatic carbocycles. The molecule has 1 atom stereocenters. The summed E-state index contributed by atoms with van der Waals surface area (Å²) in [4.78, 5) is 12.8. The molecule has 108 valence electrons. The Bertz CT molecular complexity index is 508. The number of hydrogen-bond donors (Lipinski definition) is 1. The number of hydrogen-bond acceptors (Lipinski definition) is 4. The minimum Gasteiger partial charge on any atom is -0.495 e. The molecular weight excluding hydrogens is 256 g/mol. The number of carboxylic acid groups (broad SMARTS) is 1. The van der Waals surface area contributed by atoms with Crippen LogP contribution in [0.5, 0.6) is 5.75 Å². The summed E-state index contributed by atoms with van der Waals surface area (Å²) in [6.45, 7) is 4.51. The minimum absolute atomic E-state index is 0.0110. The fraction of sp³-hybridized carbons (Fsp3) is 0.467. The van der Waals surface area contributed by atoms with Crippen LogP contribution in [0.15, 0.2) is 18.2 Å². The van der Waals surface area contributed by atoms with Crippen molar-refractivity contribution in [2.45, 2.75) is 32.9 Å². The van der Waals surface area contributed by atoms with Gasteiger partial charge in [0.25, 0.3) is 0 Å². The first-order valence-corrected chi connectivity index (χ1v) is 6.54. The van der Waals surface area contributed by atoms with Crippen molar-refractivity contribution < 1.29 is 14.6 Å². The van der Waals surface area contributed by atoms with Crippen molar-refractivity contribution in [1.29, 1.82) is 5.26 Å². The van der Waals surface area contributed by atoms with Gasteiger partial charge < -0.3 is 9.84 Å². The molecule has 5 nitrogen and oxygen atoms in total. The molecule has 5 heteroatoms. The summed E-state index contributed by atoms with van der Waals surface area (Å²) in [5, 5.41) is 18.0. The Kier molecular flexibility index (Phi) is 6.01. The third-order valence-corrected chi connectivity index (χ3v) is 3.32. The molecule has 0 aliphatic heterocycles. The van der Waals surface area contributed by atoms with Crippen LogP contribution >= 0.6 is 0 Å². The van der Waals surface area contributed by atoms with E-state index in [4.69, 9.17) is 15.1 Å². The van der Waals surface area contributed by atoms with Crippen molar-refractivity contribution in [2.75, 3.05) is 13.7 Å². The van der Waals surface area contributed by atoms with Crippen molar-refractivity contribution in [3.8, 4) is 11.8 Å². The second kappa shape index (κ2) is 7.51. The lowest BCUT2D eigenvalue weighted by Crippen LogP contribution is -2.36. The molecule has 0 heterocycles. The number of aliphatic carboxylic acids is 1. The molecule has 1 rings (SSSR count). The average Bonchev–Trinajstić information content (AvgIpc) is 2.45. The maximum absolute atomic E-state index is 10.9. The Morgan fingerprint density at radius 3 is 2.75 bits per heavy atom. The lowest BCUT2D eigenvalue weighted by Gasteiger charge is -2.26. The lowest BCUT2D eigenvalue weighted by molar-refractivity contribution is -0.139. The van der Waals surface area contributed by atoms with Crippen molar-refractivity contribution in [2.24, 2.45) is 0 Å². The Labute approximate surface area is 119 Å². The highest BCUT2D eigenvalue weighted by Crippen LogP contribution is 2.20. The fourth-order valence-electron chi connectivity index (χ4n) is 1.97. The van der Waals surface area contributed by atoms with Crippen molar-refractivity contribution in [3.63, 3.8) is 0 Å². The van der Waals surface area contributed by atoms with Gasteiger partial charge in [0.2, 0.25) is 0 Å². The second-order valence-corrected chi connectivity index (χ2v) is 4.70. The lowest BCUT2D eigenvalue weighted by atomic mass is 10.1. The average molecular weight is 276 g/mol. The Hall–Kier alpha value is -2.06. The van der Waals surface area contributed by atoms with Crippen molar-refractivity contribution >= 4 is 5.97 Å². The van der Waals surface area contributed by atoms with Crippen LogP contribution < -0.4 is 4.74 Å².